The van der Waals surface area contributed by atoms with Gasteiger partial charge in [-0.15, -0.1) is 0 Å². The molecule has 86 valence electrons. The molecular weight excluding hydrogens is 283 g/mol. The Labute approximate surface area is 107 Å². The van der Waals surface area contributed by atoms with Crippen LogP contribution in [0.3, 0.4) is 0 Å². The minimum absolute atomic E-state index is 0.258. The Kier molecular flexibility index (Phi) is 3.88. The third-order valence-corrected chi connectivity index (χ3v) is 2.59. The van der Waals surface area contributed by atoms with Crippen molar-refractivity contribution >= 4 is 27.8 Å². The smallest absolute Gasteiger partial charge is 0.123 e. The average molecular weight is 293 g/mol. The molecule has 0 fully saturated rings. The number of anilines is 1. The number of hydrogen-bond donors (Lipinski definition) is 1. The van der Waals surface area contributed by atoms with Gasteiger partial charge in [0.05, 0.1) is 11.9 Å². The molecular formula is C13H10BrFN2. The highest BCUT2D eigenvalue weighted by molar-refractivity contribution is 9.10. The zero-order valence-corrected chi connectivity index (χ0v) is 10.5. The summed E-state index contributed by atoms with van der Waals surface area (Å²) >= 11 is 3.38. The first-order chi connectivity index (χ1) is 8.24. The van der Waals surface area contributed by atoms with Crippen LogP contribution in [0.4, 0.5) is 10.1 Å². The van der Waals surface area contributed by atoms with Gasteiger partial charge in [-0.2, -0.15) is 5.10 Å². The maximum Gasteiger partial charge on any atom is 0.123 e. The molecule has 2 rings (SSSR count). The summed E-state index contributed by atoms with van der Waals surface area (Å²) in [5.74, 6) is -0.258. The van der Waals surface area contributed by atoms with E-state index in [1.54, 1.807) is 18.3 Å². The normalized spacial score (nSPS) is 10.7. The Morgan fingerprint density at radius 3 is 2.59 bits per heavy atom. The van der Waals surface area contributed by atoms with Gasteiger partial charge in [0.2, 0.25) is 0 Å². The van der Waals surface area contributed by atoms with Gasteiger partial charge < -0.3 is 0 Å². The maximum absolute atomic E-state index is 12.6. The van der Waals surface area contributed by atoms with Crippen molar-refractivity contribution in [2.24, 2.45) is 5.10 Å². The molecule has 0 radical (unpaired) electrons. The Morgan fingerprint density at radius 2 is 1.88 bits per heavy atom. The fourth-order valence-corrected chi connectivity index (χ4v) is 1.71. The van der Waals surface area contributed by atoms with Gasteiger partial charge in [0, 0.05) is 4.47 Å². The molecule has 0 unspecified atom stereocenters. The fourth-order valence-electron chi connectivity index (χ4n) is 1.29. The van der Waals surface area contributed by atoms with E-state index in [2.05, 4.69) is 26.5 Å². The molecule has 2 aromatic carbocycles. The number of halogens is 2. The van der Waals surface area contributed by atoms with Crippen molar-refractivity contribution in [1.29, 1.82) is 0 Å². The lowest BCUT2D eigenvalue weighted by atomic mass is 10.2. The van der Waals surface area contributed by atoms with Gasteiger partial charge in [0.1, 0.15) is 5.82 Å². The van der Waals surface area contributed by atoms with Crippen LogP contribution in [0.5, 0.6) is 0 Å². The van der Waals surface area contributed by atoms with Crippen LogP contribution >= 0.6 is 15.9 Å². The van der Waals surface area contributed by atoms with Crippen LogP contribution in [-0.2, 0) is 0 Å². The monoisotopic (exact) mass is 292 g/mol. The molecule has 0 saturated carbocycles. The first-order valence-electron chi connectivity index (χ1n) is 5.04. The van der Waals surface area contributed by atoms with E-state index in [-0.39, 0.29) is 5.82 Å². The Morgan fingerprint density at radius 1 is 1.12 bits per heavy atom. The lowest BCUT2D eigenvalue weighted by molar-refractivity contribution is 0.628. The third-order valence-electron chi connectivity index (χ3n) is 2.10. The predicted octanol–water partition coefficient (Wildman–Crippen LogP) is 4.03. The molecule has 17 heavy (non-hydrogen) atoms. The minimum atomic E-state index is -0.258. The van der Waals surface area contributed by atoms with Crippen molar-refractivity contribution in [3.8, 4) is 0 Å². The summed E-state index contributed by atoms with van der Waals surface area (Å²) < 4.78 is 13.6. The van der Waals surface area contributed by atoms with Crippen molar-refractivity contribution in [1.82, 2.24) is 0 Å². The first-order valence-corrected chi connectivity index (χ1v) is 5.83. The quantitative estimate of drug-likeness (QED) is 0.670. The van der Waals surface area contributed by atoms with Gasteiger partial charge in [-0.3, -0.25) is 5.43 Å². The lowest BCUT2D eigenvalue weighted by Crippen LogP contribution is -1.90. The summed E-state index contributed by atoms with van der Waals surface area (Å²) in [7, 11) is 0. The number of hydrazone groups is 1. The van der Waals surface area contributed by atoms with Crippen molar-refractivity contribution in [3.63, 3.8) is 0 Å². The van der Waals surface area contributed by atoms with Crippen LogP contribution in [0.1, 0.15) is 5.56 Å². The molecule has 4 heteroatoms. The highest BCUT2D eigenvalue weighted by Crippen LogP contribution is 2.11. The molecule has 1 N–H and O–H groups in total. The molecule has 0 bridgehead atoms. The molecule has 0 amide bonds. The highest BCUT2D eigenvalue weighted by Gasteiger charge is 1.91. The summed E-state index contributed by atoms with van der Waals surface area (Å²) in [6.07, 6.45) is 1.70. The molecule has 0 aliphatic rings. The zero-order chi connectivity index (χ0) is 12.1. The van der Waals surface area contributed by atoms with Crippen molar-refractivity contribution in [3.05, 3.63) is 64.4 Å². The average Bonchev–Trinajstić information content (AvgIpc) is 2.32. The van der Waals surface area contributed by atoms with Crippen LogP contribution in [-0.4, -0.2) is 6.21 Å². The molecule has 0 aliphatic heterocycles. The lowest BCUT2D eigenvalue weighted by Gasteiger charge is -1.99. The molecule has 0 aliphatic carbocycles. The van der Waals surface area contributed by atoms with E-state index < -0.39 is 0 Å². The summed E-state index contributed by atoms with van der Waals surface area (Å²) in [5.41, 5.74) is 4.56. The summed E-state index contributed by atoms with van der Waals surface area (Å²) in [5, 5.41) is 4.06. The molecule has 0 aromatic heterocycles. The van der Waals surface area contributed by atoms with Gasteiger partial charge >= 0.3 is 0 Å². The third kappa shape index (κ3) is 3.67. The van der Waals surface area contributed by atoms with E-state index in [0.717, 1.165) is 15.7 Å². The van der Waals surface area contributed by atoms with E-state index in [0.29, 0.717) is 0 Å². The Bertz CT molecular complexity index is 523. The van der Waals surface area contributed by atoms with Gasteiger partial charge in [-0.05, 0) is 42.0 Å². The van der Waals surface area contributed by atoms with Crippen LogP contribution in [0, 0.1) is 5.82 Å². The molecule has 0 spiro atoms. The number of benzene rings is 2. The summed E-state index contributed by atoms with van der Waals surface area (Å²) in [6, 6.07) is 13.8. The van der Waals surface area contributed by atoms with E-state index in [1.165, 1.54) is 12.1 Å². The molecule has 2 nitrogen and oxygen atoms in total. The SMILES string of the molecule is Fc1ccc(N/N=C/c2cccc(Br)c2)cc1. The number of rotatable bonds is 3. The van der Waals surface area contributed by atoms with Crippen LogP contribution < -0.4 is 5.43 Å². The minimum Gasteiger partial charge on any atom is -0.279 e. The predicted molar refractivity (Wildman–Crippen MR) is 71.8 cm³/mol. The highest BCUT2D eigenvalue weighted by atomic mass is 79.9. The van der Waals surface area contributed by atoms with Crippen molar-refractivity contribution in [2.45, 2.75) is 0 Å². The Balaban J connectivity index is 2.00. The van der Waals surface area contributed by atoms with Gasteiger partial charge in [0.15, 0.2) is 0 Å². The fraction of sp³-hybridized carbons (Fsp3) is 0. The second-order valence-corrected chi connectivity index (χ2v) is 4.35. The second kappa shape index (κ2) is 5.59. The summed E-state index contributed by atoms with van der Waals surface area (Å²) in [6.45, 7) is 0. The number of nitrogens with one attached hydrogen (secondary N) is 1. The molecule has 0 saturated heterocycles. The van der Waals surface area contributed by atoms with E-state index in [1.807, 2.05) is 24.3 Å². The van der Waals surface area contributed by atoms with E-state index in [4.69, 9.17) is 0 Å². The van der Waals surface area contributed by atoms with Gasteiger partial charge in [-0.1, -0.05) is 28.1 Å². The van der Waals surface area contributed by atoms with Crippen molar-refractivity contribution < 1.29 is 4.39 Å². The maximum atomic E-state index is 12.6. The number of hydrogen-bond acceptors (Lipinski definition) is 2. The topological polar surface area (TPSA) is 24.4 Å². The van der Waals surface area contributed by atoms with E-state index in [9.17, 15) is 4.39 Å². The molecule has 2 aromatic rings. The molecule has 0 atom stereocenters. The van der Waals surface area contributed by atoms with Crippen LogP contribution in [0.2, 0.25) is 0 Å². The van der Waals surface area contributed by atoms with Crippen LogP contribution in [0.25, 0.3) is 0 Å². The largest absolute Gasteiger partial charge is 0.279 e. The molecule has 0 heterocycles. The summed E-state index contributed by atoms with van der Waals surface area (Å²) in [4.78, 5) is 0. The Hall–Kier alpha value is -1.68. The van der Waals surface area contributed by atoms with Gasteiger partial charge in [0.25, 0.3) is 0 Å². The van der Waals surface area contributed by atoms with Crippen molar-refractivity contribution in [2.75, 3.05) is 5.43 Å². The second-order valence-electron chi connectivity index (χ2n) is 3.43. The standard InChI is InChI=1S/C13H10BrFN2/c14-11-3-1-2-10(8-11)9-16-17-13-6-4-12(15)5-7-13/h1-9,17H/b16-9+. The van der Waals surface area contributed by atoms with E-state index >= 15 is 0 Å². The van der Waals surface area contributed by atoms with Crippen LogP contribution in [0.15, 0.2) is 58.1 Å². The first kappa shape index (κ1) is 11.8. The van der Waals surface area contributed by atoms with Gasteiger partial charge in [-0.25, -0.2) is 4.39 Å². The number of nitrogens with zero attached hydrogens (tertiary/aromatic N) is 1. The zero-order valence-electron chi connectivity index (χ0n) is 8.90.